The Kier molecular flexibility index (Phi) is 4.92. The van der Waals surface area contributed by atoms with Crippen LogP contribution >= 0.6 is 35.1 Å². The van der Waals surface area contributed by atoms with E-state index in [4.69, 9.17) is 11.6 Å². The van der Waals surface area contributed by atoms with E-state index in [0.29, 0.717) is 10.5 Å². The lowest BCUT2D eigenvalue weighted by Crippen LogP contribution is -2.30. The predicted molar refractivity (Wildman–Crippen MR) is 83.9 cm³/mol. The molecule has 4 atom stereocenters. The molecule has 1 fully saturated rings. The summed E-state index contributed by atoms with van der Waals surface area (Å²) in [5, 5.41) is 12.7. The number of hydrogen-bond donors (Lipinski definition) is 1. The van der Waals surface area contributed by atoms with Gasteiger partial charge in [0, 0.05) is 26.5 Å². The topological polar surface area (TPSA) is 20.2 Å². The van der Waals surface area contributed by atoms with Gasteiger partial charge in [-0.15, -0.1) is 0 Å². The molecule has 1 aliphatic rings. The van der Waals surface area contributed by atoms with E-state index in [-0.39, 0.29) is 5.25 Å². The highest BCUT2D eigenvalue weighted by molar-refractivity contribution is 8.07. The molecule has 100 valence electrons. The summed E-state index contributed by atoms with van der Waals surface area (Å²) in [5.41, 5.74) is 1.99. The van der Waals surface area contributed by atoms with Gasteiger partial charge in [0.25, 0.3) is 0 Å². The van der Waals surface area contributed by atoms with Crippen molar-refractivity contribution in [1.29, 1.82) is 0 Å². The molecule has 1 saturated heterocycles. The van der Waals surface area contributed by atoms with Crippen LogP contribution < -0.4 is 0 Å². The molecule has 0 saturated carbocycles. The van der Waals surface area contributed by atoms with Crippen LogP contribution in [0.2, 0.25) is 5.02 Å². The first-order chi connectivity index (χ1) is 8.49. The highest BCUT2D eigenvalue weighted by Crippen LogP contribution is 2.41. The molecule has 1 aromatic rings. The largest absolute Gasteiger partial charge is 0.387 e. The van der Waals surface area contributed by atoms with Crippen LogP contribution in [0.5, 0.6) is 0 Å². The lowest BCUT2D eigenvalue weighted by atomic mass is 10.1. The molecule has 0 radical (unpaired) electrons. The zero-order valence-electron chi connectivity index (χ0n) is 10.9. The van der Waals surface area contributed by atoms with E-state index < -0.39 is 6.10 Å². The summed E-state index contributed by atoms with van der Waals surface area (Å²) in [6.45, 7) is 6.48. The van der Waals surface area contributed by atoms with Crippen LogP contribution in [0.25, 0.3) is 0 Å². The molecule has 0 aromatic heterocycles. The zero-order chi connectivity index (χ0) is 13.3. The van der Waals surface area contributed by atoms with Crippen LogP contribution in [-0.4, -0.2) is 26.6 Å². The fraction of sp³-hybridized carbons (Fsp3) is 0.571. The van der Waals surface area contributed by atoms with Gasteiger partial charge in [0.1, 0.15) is 0 Å². The van der Waals surface area contributed by atoms with E-state index in [1.54, 1.807) is 0 Å². The van der Waals surface area contributed by atoms with Gasteiger partial charge >= 0.3 is 0 Å². The van der Waals surface area contributed by atoms with E-state index in [0.717, 1.165) is 21.9 Å². The molecule has 1 nitrogen and oxygen atoms in total. The van der Waals surface area contributed by atoms with Crippen molar-refractivity contribution in [3.63, 3.8) is 0 Å². The molecule has 1 heterocycles. The van der Waals surface area contributed by atoms with E-state index in [2.05, 4.69) is 13.8 Å². The standard InChI is InChI=1S/C14H19ClOS2/c1-8-4-5-11(6-12(8)15)14(16)13-7-17-9(2)10(3)18-13/h4-6,9-10,13-14,16H,7H2,1-3H3. The van der Waals surface area contributed by atoms with Gasteiger partial charge in [0.15, 0.2) is 0 Å². The lowest BCUT2D eigenvalue weighted by molar-refractivity contribution is 0.180. The monoisotopic (exact) mass is 302 g/mol. The Morgan fingerprint density at radius 3 is 2.67 bits per heavy atom. The van der Waals surface area contributed by atoms with Crippen molar-refractivity contribution in [3.05, 3.63) is 34.3 Å². The molecule has 0 aliphatic carbocycles. The van der Waals surface area contributed by atoms with Gasteiger partial charge < -0.3 is 5.11 Å². The van der Waals surface area contributed by atoms with Crippen LogP contribution in [0.15, 0.2) is 18.2 Å². The normalized spacial score (nSPS) is 30.2. The highest BCUT2D eigenvalue weighted by Gasteiger charge is 2.31. The number of benzene rings is 1. The summed E-state index contributed by atoms with van der Waals surface area (Å²) in [7, 11) is 0. The number of aryl methyl sites for hydroxylation is 1. The van der Waals surface area contributed by atoms with Gasteiger partial charge in [-0.05, 0) is 24.1 Å². The Morgan fingerprint density at radius 2 is 2.06 bits per heavy atom. The summed E-state index contributed by atoms with van der Waals surface area (Å²) in [6, 6.07) is 5.86. The number of aliphatic hydroxyl groups excluding tert-OH is 1. The van der Waals surface area contributed by atoms with Crippen molar-refractivity contribution in [3.8, 4) is 0 Å². The van der Waals surface area contributed by atoms with Crippen LogP contribution in [0.4, 0.5) is 0 Å². The SMILES string of the molecule is Cc1ccc(C(O)C2CSC(C)C(C)S2)cc1Cl. The molecular weight excluding hydrogens is 284 g/mol. The maximum absolute atomic E-state index is 10.5. The van der Waals surface area contributed by atoms with Crippen molar-refractivity contribution in [2.24, 2.45) is 0 Å². The van der Waals surface area contributed by atoms with Gasteiger partial charge in [-0.2, -0.15) is 23.5 Å². The minimum absolute atomic E-state index is 0.264. The average Bonchev–Trinajstić information content (AvgIpc) is 2.35. The van der Waals surface area contributed by atoms with Crippen LogP contribution in [0.1, 0.15) is 31.1 Å². The number of hydrogen-bond acceptors (Lipinski definition) is 3. The molecule has 1 aromatic carbocycles. The molecule has 0 bridgehead atoms. The van der Waals surface area contributed by atoms with Crippen molar-refractivity contribution >= 4 is 35.1 Å². The quantitative estimate of drug-likeness (QED) is 0.879. The first kappa shape index (κ1) is 14.6. The van der Waals surface area contributed by atoms with Crippen LogP contribution in [-0.2, 0) is 0 Å². The zero-order valence-corrected chi connectivity index (χ0v) is 13.3. The second kappa shape index (κ2) is 6.08. The molecule has 2 rings (SSSR count). The van der Waals surface area contributed by atoms with Crippen molar-refractivity contribution in [1.82, 2.24) is 0 Å². The molecular formula is C14H19ClOS2. The van der Waals surface area contributed by atoms with E-state index in [1.807, 2.05) is 48.6 Å². The fourth-order valence-electron chi connectivity index (χ4n) is 1.98. The number of aliphatic hydroxyl groups is 1. The van der Waals surface area contributed by atoms with Crippen molar-refractivity contribution in [2.75, 3.05) is 5.75 Å². The molecule has 4 unspecified atom stereocenters. The predicted octanol–water partition coefficient (Wildman–Crippen LogP) is 4.31. The molecule has 0 amide bonds. The van der Waals surface area contributed by atoms with E-state index in [1.165, 1.54) is 0 Å². The minimum atomic E-state index is -0.421. The van der Waals surface area contributed by atoms with Crippen LogP contribution in [0, 0.1) is 6.92 Å². The van der Waals surface area contributed by atoms with Gasteiger partial charge in [0.05, 0.1) is 6.10 Å². The summed E-state index contributed by atoms with van der Waals surface area (Å²) in [6.07, 6.45) is -0.421. The molecule has 4 heteroatoms. The fourth-order valence-corrected chi connectivity index (χ4v) is 5.17. The maximum atomic E-state index is 10.5. The third-order valence-corrected chi connectivity index (χ3v) is 7.35. The highest BCUT2D eigenvalue weighted by atomic mass is 35.5. The second-order valence-electron chi connectivity index (χ2n) is 4.87. The molecule has 1 aliphatic heterocycles. The molecule has 0 spiro atoms. The van der Waals surface area contributed by atoms with Gasteiger partial charge in [-0.3, -0.25) is 0 Å². The summed E-state index contributed by atoms with van der Waals surface area (Å²) in [5.74, 6) is 1.00. The van der Waals surface area contributed by atoms with Crippen molar-refractivity contribution in [2.45, 2.75) is 42.6 Å². The minimum Gasteiger partial charge on any atom is -0.387 e. The summed E-state index contributed by atoms with van der Waals surface area (Å²) in [4.78, 5) is 0. The van der Waals surface area contributed by atoms with Gasteiger partial charge in [-0.25, -0.2) is 0 Å². The number of rotatable bonds is 2. The van der Waals surface area contributed by atoms with Gasteiger partial charge in [-0.1, -0.05) is 37.6 Å². The number of halogens is 1. The average molecular weight is 303 g/mol. The number of thioether (sulfide) groups is 2. The first-order valence-corrected chi connectivity index (χ1v) is 8.57. The maximum Gasteiger partial charge on any atom is 0.0917 e. The Morgan fingerprint density at radius 1 is 1.33 bits per heavy atom. The Hall–Kier alpha value is 0.170. The Balaban J connectivity index is 2.11. The third-order valence-electron chi connectivity index (χ3n) is 3.46. The van der Waals surface area contributed by atoms with E-state index in [9.17, 15) is 5.11 Å². The first-order valence-electron chi connectivity index (χ1n) is 6.20. The Bertz CT molecular complexity index is 424. The van der Waals surface area contributed by atoms with Crippen LogP contribution in [0.3, 0.4) is 0 Å². The second-order valence-corrected chi connectivity index (χ2v) is 8.31. The summed E-state index contributed by atoms with van der Waals surface area (Å²) >= 11 is 9.97. The third kappa shape index (κ3) is 3.19. The smallest absolute Gasteiger partial charge is 0.0917 e. The summed E-state index contributed by atoms with van der Waals surface area (Å²) < 4.78 is 0. The lowest BCUT2D eigenvalue weighted by Gasteiger charge is -2.34. The molecule has 1 N–H and O–H groups in total. The van der Waals surface area contributed by atoms with E-state index >= 15 is 0 Å². The Labute approximate surface area is 123 Å². The van der Waals surface area contributed by atoms with Crippen molar-refractivity contribution < 1.29 is 5.11 Å². The molecule has 18 heavy (non-hydrogen) atoms. The van der Waals surface area contributed by atoms with Gasteiger partial charge in [0.2, 0.25) is 0 Å².